The highest BCUT2D eigenvalue weighted by Gasteiger charge is 2.72. The summed E-state index contributed by atoms with van der Waals surface area (Å²) in [5.41, 5.74) is 2.09. The van der Waals surface area contributed by atoms with Gasteiger partial charge < -0.3 is 19.7 Å². The van der Waals surface area contributed by atoms with E-state index in [4.69, 9.17) is 9.47 Å². The number of hydrogen-bond donors (Lipinski definition) is 2. The van der Waals surface area contributed by atoms with Crippen molar-refractivity contribution in [1.29, 1.82) is 0 Å². The lowest BCUT2D eigenvalue weighted by molar-refractivity contribution is -0.357. The van der Waals surface area contributed by atoms with E-state index in [1.54, 1.807) is 0 Å². The fraction of sp³-hybridized carbons (Fsp3) is 0.800. The minimum atomic E-state index is -0.759. The largest absolute Gasteiger partial charge is 0.393 e. The van der Waals surface area contributed by atoms with Crippen molar-refractivity contribution in [3.8, 4) is 0 Å². The van der Waals surface area contributed by atoms with Crippen LogP contribution in [-0.2, 0) is 15.9 Å². The van der Waals surface area contributed by atoms with Crippen LogP contribution >= 0.6 is 0 Å². The number of rotatable bonds is 0. The second-order valence-electron chi connectivity index (χ2n) is 14.1. The Morgan fingerprint density at radius 1 is 0.941 bits per heavy atom. The second kappa shape index (κ2) is 6.88. The first kappa shape index (κ1) is 22.3. The summed E-state index contributed by atoms with van der Waals surface area (Å²) in [5, 5.41) is 23.8. The van der Waals surface area contributed by atoms with Crippen molar-refractivity contribution in [2.75, 3.05) is 13.2 Å². The van der Waals surface area contributed by atoms with E-state index < -0.39 is 11.4 Å². The van der Waals surface area contributed by atoms with E-state index in [0.717, 1.165) is 51.4 Å². The van der Waals surface area contributed by atoms with Gasteiger partial charge in [0.1, 0.15) is 0 Å². The van der Waals surface area contributed by atoms with Gasteiger partial charge in [-0.3, -0.25) is 0 Å². The number of benzene rings is 1. The van der Waals surface area contributed by atoms with Crippen LogP contribution in [0.25, 0.3) is 0 Å². The van der Waals surface area contributed by atoms with Gasteiger partial charge in [0.25, 0.3) is 0 Å². The normalized spacial score (nSPS) is 50.1. The van der Waals surface area contributed by atoms with E-state index >= 15 is 0 Å². The molecule has 0 bridgehead atoms. The van der Waals surface area contributed by atoms with E-state index in [9.17, 15) is 10.2 Å². The molecule has 0 amide bonds. The molecule has 1 saturated heterocycles. The van der Waals surface area contributed by atoms with Crippen molar-refractivity contribution in [2.45, 2.75) is 102 Å². The molecule has 5 aliphatic carbocycles. The summed E-state index contributed by atoms with van der Waals surface area (Å²) in [6.07, 6.45) is 8.30. The summed E-state index contributed by atoms with van der Waals surface area (Å²) in [5.74, 6) is 1.46. The summed E-state index contributed by atoms with van der Waals surface area (Å²) in [4.78, 5) is 0. The van der Waals surface area contributed by atoms with Crippen molar-refractivity contribution in [1.82, 2.24) is 0 Å². The minimum Gasteiger partial charge on any atom is -0.393 e. The van der Waals surface area contributed by atoms with Crippen LogP contribution in [0.15, 0.2) is 24.3 Å². The van der Waals surface area contributed by atoms with Crippen LogP contribution in [0.1, 0.15) is 89.2 Å². The van der Waals surface area contributed by atoms with Crippen LogP contribution in [-0.4, -0.2) is 40.9 Å². The van der Waals surface area contributed by atoms with Gasteiger partial charge in [0, 0.05) is 23.7 Å². The molecule has 0 radical (unpaired) electrons. The molecule has 1 aromatic carbocycles. The maximum absolute atomic E-state index is 12.7. The van der Waals surface area contributed by atoms with Gasteiger partial charge in [-0.2, -0.15) is 0 Å². The maximum Gasteiger partial charge on any atom is 0.171 e. The predicted molar refractivity (Wildman–Crippen MR) is 130 cm³/mol. The lowest BCUT2D eigenvalue weighted by Crippen LogP contribution is -2.70. The van der Waals surface area contributed by atoms with Crippen LogP contribution in [0.4, 0.5) is 0 Å². The number of ether oxygens (including phenoxy) is 2. The molecule has 1 heterocycles. The molecule has 0 aromatic heterocycles. The zero-order valence-electron chi connectivity index (χ0n) is 21.2. The average Bonchev–Trinajstić information content (AvgIpc) is 3.11. The zero-order chi connectivity index (χ0) is 23.6. The van der Waals surface area contributed by atoms with Crippen molar-refractivity contribution in [2.24, 2.45) is 34.0 Å². The molecule has 4 saturated carbocycles. The number of hydrogen-bond acceptors (Lipinski definition) is 4. The third-order valence-corrected chi connectivity index (χ3v) is 11.8. The monoisotopic (exact) mass is 466 g/mol. The third kappa shape index (κ3) is 2.75. The second-order valence-corrected chi connectivity index (χ2v) is 14.1. The van der Waals surface area contributed by atoms with Crippen molar-refractivity contribution < 1.29 is 19.7 Å². The first-order valence-corrected chi connectivity index (χ1v) is 13.9. The molecular formula is C30H42O4. The number of aliphatic hydroxyl groups is 2. The van der Waals surface area contributed by atoms with Gasteiger partial charge in [0.2, 0.25) is 0 Å². The molecule has 186 valence electrons. The Kier molecular flexibility index (Phi) is 4.51. The summed E-state index contributed by atoms with van der Waals surface area (Å²) < 4.78 is 12.9. The molecule has 4 nitrogen and oxygen atoms in total. The Morgan fingerprint density at radius 2 is 1.71 bits per heavy atom. The molecule has 1 aromatic rings. The van der Waals surface area contributed by atoms with Crippen LogP contribution in [0.5, 0.6) is 0 Å². The predicted octanol–water partition coefficient (Wildman–Crippen LogP) is 5.20. The summed E-state index contributed by atoms with van der Waals surface area (Å²) in [7, 11) is 0. The fourth-order valence-electron chi connectivity index (χ4n) is 10.2. The number of aliphatic hydroxyl groups excluding tert-OH is 1. The van der Waals surface area contributed by atoms with Gasteiger partial charge >= 0.3 is 0 Å². The molecule has 2 N–H and O–H groups in total. The van der Waals surface area contributed by atoms with Gasteiger partial charge in [-0.25, -0.2) is 0 Å². The number of fused-ring (bicyclic) bond motifs is 4. The zero-order valence-corrected chi connectivity index (χ0v) is 21.2. The third-order valence-electron chi connectivity index (χ3n) is 11.8. The summed E-state index contributed by atoms with van der Waals surface area (Å²) in [6, 6.07) is 9.03. The molecule has 34 heavy (non-hydrogen) atoms. The van der Waals surface area contributed by atoms with Gasteiger partial charge in [-0.15, -0.1) is 0 Å². The van der Waals surface area contributed by atoms with Crippen molar-refractivity contribution >= 4 is 0 Å². The highest BCUT2D eigenvalue weighted by molar-refractivity contribution is 5.40. The first-order chi connectivity index (χ1) is 16.1. The van der Waals surface area contributed by atoms with E-state index in [2.05, 4.69) is 45.0 Å². The smallest absolute Gasteiger partial charge is 0.171 e. The van der Waals surface area contributed by atoms with Gasteiger partial charge in [-0.05, 0) is 85.2 Å². The summed E-state index contributed by atoms with van der Waals surface area (Å²) >= 11 is 0. The van der Waals surface area contributed by atoms with E-state index in [0.29, 0.717) is 43.3 Å². The van der Waals surface area contributed by atoms with Gasteiger partial charge in [-0.1, -0.05) is 45.0 Å². The SMILES string of the molecule is CC1(C)COC2(CC[C@@]34Cc5ccccc5[C@H]5C[C@]6(C)[C@@H](O)CC[C@H]6[C@H](CC[C@@]3(O)C2)[C@H]54)OC1. The van der Waals surface area contributed by atoms with E-state index in [-0.39, 0.29) is 22.3 Å². The van der Waals surface area contributed by atoms with Crippen LogP contribution in [0.2, 0.25) is 0 Å². The van der Waals surface area contributed by atoms with E-state index in [1.807, 2.05) is 0 Å². The lowest BCUT2D eigenvalue weighted by atomic mass is 9.37. The van der Waals surface area contributed by atoms with Crippen molar-refractivity contribution in [3.05, 3.63) is 35.4 Å². The summed E-state index contributed by atoms with van der Waals surface area (Å²) in [6.45, 7) is 8.17. The Balaban J connectivity index is 1.33. The molecule has 6 aliphatic rings. The quantitative estimate of drug-likeness (QED) is 0.551. The Hall–Kier alpha value is -0.940. The Labute approximate surface area is 204 Å². The highest BCUT2D eigenvalue weighted by atomic mass is 16.7. The van der Waals surface area contributed by atoms with Gasteiger partial charge in [0.05, 0.1) is 24.9 Å². The Morgan fingerprint density at radius 3 is 2.50 bits per heavy atom. The molecule has 8 atom stereocenters. The van der Waals surface area contributed by atoms with Crippen LogP contribution < -0.4 is 0 Å². The minimum absolute atomic E-state index is 0.00396. The molecule has 0 unspecified atom stereocenters. The van der Waals surface area contributed by atoms with Crippen molar-refractivity contribution in [3.63, 3.8) is 0 Å². The van der Waals surface area contributed by atoms with Crippen LogP contribution in [0, 0.1) is 34.0 Å². The molecule has 7 rings (SSSR count). The fourth-order valence-corrected chi connectivity index (χ4v) is 10.2. The maximum atomic E-state index is 12.7. The molecule has 4 heteroatoms. The average molecular weight is 467 g/mol. The molecular weight excluding hydrogens is 424 g/mol. The van der Waals surface area contributed by atoms with Crippen LogP contribution in [0.3, 0.4) is 0 Å². The first-order valence-electron chi connectivity index (χ1n) is 13.9. The Bertz CT molecular complexity index is 993. The molecule has 1 aliphatic heterocycles. The van der Waals surface area contributed by atoms with Gasteiger partial charge in [0.15, 0.2) is 5.79 Å². The standard InChI is InChI=1S/C30H42O4/c1-26(2)17-33-30(34-18-26)13-12-28-14-19-6-4-5-7-20(19)22-15-27(3)23(8-9-24(27)31)21(25(22)28)10-11-29(28,32)16-30/h4-7,21-25,31-32H,8-18H2,1-3H3/t21-,22+,23-,24-,25+,27-,28-,29+/m0/s1. The van der Waals surface area contributed by atoms with E-state index in [1.165, 1.54) is 11.1 Å². The highest BCUT2D eigenvalue weighted by Crippen LogP contribution is 2.74. The lowest BCUT2D eigenvalue weighted by Gasteiger charge is -2.70. The topological polar surface area (TPSA) is 58.9 Å². The molecule has 2 spiro atoms. The molecule has 5 fully saturated rings.